The lowest BCUT2D eigenvalue weighted by atomic mass is 10.2. The summed E-state index contributed by atoms with van der Waals surface area (Å²) in [6.45, 7) is 2.13. The number of carbonyl (C=O) groups excluding carboxylic acids is 1. The Labute approximate surface area is 145 Å². The molecule has 0 saturated heterocycles. The number of anilines is 1. The van der Waals surface area contributed by atoms with Crippen molar-refractivity contribution in [2.24, 2.45) is 0 Å². The Balaban J connectivity index is 2.23. The minimum atomic E-state index is -3.69. The zero-order chi connectivity index (χ0) is 18.4. The number of benzene rings is 2. The highest BCUT2D eigenvalue weighted by atomic mass is 32.2. The molecular formula is C17H16FN3O3S. The molecule has 2 aromatic carbocycles. The molecule has 0 aromatic heterocycles. The zero-order valence-electron chi connectivity index (χ0n) is 13.4. The van der Waals surface area contributed by atoms with E-state index in [0.29, 0.717) is 13.0 Å². The van der Waals surface area contributed by atoms with Gasteiger partial charge >= 0.3 is 0 Å². The maximum atomic E-state index is 13.3. The molecule has 0 heterocycles. The number of sulfonamides is 1. The van der Waals surface area contributed by atoms with Crippen LogP contribution in [0, 0.1) is 17.1 Å². The molecule has 25 heavy (non-hydrogen) atoms. The largest absolute Gasteiger partial charge is 0.322 e. The van der Waals surface area contributed by atoms with E-state index in [1.165, 1.54) is 36.4 Å². The summed E-state index contributed by atoms with van der Waals surface area (Å²) in [5, 5.41) is 11.3. The van der Waals surface area contributed by atoms with E-state index in [0.717, 1.165) is 6.07 Å². The summed E-state index contributed by atoms with van der Waals surface area (Å²) in [7, 11) is -3.69. The molecule has 0 aliphatic rings. The Morgan fingerprint density at radius 2 is 2.00 bits per heavy atom. The van der Waals surface area contributed by atoms with Crippen molar-refractivity contribution >= 4 is 21.6 Å². The molecule has 1 amide bonds. The van der Waals surface area contributed by atoms with Crippen molar-refractivity contribution < 1.29 is 17.6 Å². The third-order valence-electron chi connectivity index (χ3n) is 3.29. The number of nitrogens with zero attached hydrogens (tertiary/aromatic N) is 1. The molecule has 130 valence electrons. The monoisotopic (exact) mass is 361 g/mol. The summed E-state index contributed by atoms with van der Waals surface area (Å²) >= 11 is 0. The van der Waals surface area contributed by atoms with Crippen molar-refractivity contribution in [3.8, 4) is 6.07 Å². The van der Waals surface area contributed by atoms with E-state index in [4.69, 9.17) is 5.26 Å². The van der Waals surface area contributed by atoms with Crippen LogP contribution in [0.3, 0.4) is 0 Å². The summed E-state index contributed by atoms with van der Waals surface area (Å²) < 4.78 is 40.0. The van der Waals surface area contributed by atoms with Gasteiger partial charge in [-0.15, -0.1) is 0 Å². The summed E-state index contributed by atoms with van der Waals surface area (Å²) in [6.07, 6.45) is 0.644. The van der Waals surface area contributed by atoms with Crippen LogP contribution in [0.25, 0.3) is 0 Å². The predicted octanol–water partition coefficient (Wildman–Crippen LogP) is 2.64. The van der Waals surface area contributed by atoms with Crippen LogP contribution in [0.15, 0.2) is 47.4 Å². The number of rotatable bonds is 6. The van der Waals surface area contributed by atoms with Crippen LogP contribution in [-0.4, -0.2) is 20.9 Å². The summed E-state index contributed by atoms with van der Waals surface area (Å²) in [6, 6.07) is 10.8. The number of amides is 1. The molecule has 2 rings (SSSR count). The first kappa shape index (κ1) is 18.6. The number of carbonyl (C=O) groups is 1. The van der Waals surface area contributed by atoms with E-state index >= 15 is 0 Å². The third kappa shape index (κ3) is 4.62. The van der Waals surface area contributed by atoms with Crippen molar-refractivity contribution in [1.82, 2.24) is 4.72 Å². The first-order valence-corrected chi connectivity index (χ1v) is 8.96. The van der Waals surface area contributed by atoms with Crippen LogP contribution in [0.1, 0.15) is 29.3 Å². The van der Waals surface area contributed by atoms with Crippen LogP contribution in [0.4, 0.5) is 10.1 Å². The Bertz CT molecular complexity index is 936. The first-order chi connectivity index (χ1) is 11.9. The van der Waals surface area contributed by atoms with Crippen molar-refractivity contribution in [1.29, 1.82) is 5.26 Å². The van der Waals surface area contributed by atoms with Gasteiger partial charge in [0, 0.05) is 17.8 Å². The Hall–Kier alpha value is -2.76. The predicted molar refractivity (Wildman–Crippen MR) is 91.0 cm³/mol. The Morgan fingerprint density at radius 1 is 1.24 bits per heavy atom. The Kier molecular flexibility index (Phi) is 5.85. The van der Waals surface area contributed by atoms with Crippen LogP contribution in [0.5, 0.6) is 0 Å². The van der Waals surface area contributed by atoms with Crippen molar-refractivity contribution in [3.05, 3.63) is 59.4 Å². The summed E-state index contributed by atoms with van der Waals surface area (Å²) in [4.78, 5) is 12.3. The molecule has 0 bridgehead atoms. The van der Waals surface area contributed by atoms with Gasteiger partial charge in [0.25, 0.3) is 5.91 Å². The van der Waals surface area contributed by atoms with Crippen LogP contribution in [-0.2, 0) is 10.0 Å². The second kappa shape index (κ2) is 7.88. The van der Waals surface area contributed by atoms with Gasteiger partial charge in [0.1, 0.15) is 11.9 Å². The van der Waals surface area contributed by atoms with Gasteiger partial charge in [-0.05, 0) is 42.8 Å². The molecule has 8 heteroatoms. The maximum absolute atomic E-state index is 13.3. The van der Waals surface area contributed by atoms with Crippen LogP contribution in [0.2, 0.25) is 0 Å². The van der Waals surface area contributed by atoms with E-state index in [1.807, 2.05) is 6.92 Å². The molecule has 0 unspecified atom stereocenters. The van der Waals surface area contributed by atoms with E-state index in [9.17, 15) is 17.6 Å². The fourth-order valence-electron chi connectivity index (χ4n) is 2.02. The average Bonchev–Trinajstić information content (AvgIpc) is 2.61. The van der Waals surface area contributed by atoms with Gasteiger partial charge in [0.15, 0.2) is 0 Å². The fourth-order valence-corrected chi connectivity index (χ4v) is 3.20. The standard InChI is InChI=1S/C17H16FN3O3S/c1-2-8-20-25(23,24)15-5-3-4-12(10-15)17(22)21-14-6-7-16(18)13(9-14)11-19/h3-7,9-10,20H,2,8H2,1H3,(H,21,22). The number of nitrogens with one attached hydrogen (secondary N) is 2. The second-order valence-corrected chi connectivity index (χ2v) is 6.95. The molecule has 2 N–H and O–H groups in total. The molecule has 0 atom stereocenters. The highest BCUT2D eigenvalue weighted by Crippen LogP contribution is 2.17. The third-order valence-corrected chi connectivity index (χ3v) is 4.75. The van der Waals surface area contributed by atoms with Gasteiger partial charge in [-0.2, -0.15) is 5.26 Å². The van der Waals surface area contributed by atoms with Gasteiger partial charge < -0.3 is 5.32 Å². The van der Waals surface area contributed by atoms with Gasteiger partial charge in [-0.3, -0.25) is 4.79 Å². The minimum Gasteiger partial charge on any atom is -0.322 e. The number of nitriles is 1. The molecular weight excluding hydrogens is 345 g/mol. The lowest BCUT2D eigenvalue weighted by Crippen LogP contribution is -2.24. The fraction of sp³-hybridized carbons (Fsp3) is 0.176. The number of halogens is 1. The molecule has 6 nitrogen and oxygen atoms in total. The first-order valence-electron chi connectivity index (χ1n) is 7.48. The molecule has 0 spiro atoms. The van der Waals surface area contributed by atoms with E-state index < -0.39 is 21.7 Å². The summed E-state index contributed by atoms with van der Waals surface area (Å²) in [5.41, 5.74) is 0.167. The minimum absolute atomic E-state index is 0.0228. The maximum Gasteiger partial charge on any atom is 0.255 e. The zero-order valence-corrected chi connectivity index (χ0v) is 14.2. The van der Waals surface area contributed by atoms with Crippen molar-refractivity contribution in [2.45, 2.75) is 18.2 Å². The van der Waals surface area contributed by atoms with Gasteiger partial charge in [0.05, 0.1) is 10.5 Å². The van der Waals surface area contributed by atoms with E-state index in [-0.39, 0.29) is 21.7 Å². The topological polar surface area (TPSA) is 99.1 Å². The smallest absolute Gasteiger partial charge is 0.255 e. The van der Waals surface area contributed by atoms with Gasteiger partial charge in [0.2, 0.25) is 10.0 Å². The van der Waals surface area contributed by atoms with Crippen LogP contribution >= 0.6 is 0 Å². The van der Waals surface area contributed by atoms with Crippen molar-refractivity contribution in [2.75, 3.05) is 11.9 Å². The number of hydrogen-bond donors (Lipinski definition) is 2. The molecule has 0 saturated carbocycles. The number of hydrogen-bond acceptors (Lipinski definition) is 4. The van der Waals surface area contributed by atoms with E-state index in [2.05, 4.69) is 10.0 Å². The summed E-state index contributed by atoms with van der Waals surface area (Å²) in [5.74, 6) is -1.25. The highest BCUT2D eigenvalue weighted by molar-refractivity contribution is 7.89. The molecule has 0 aliphatic carbocycles. The van der Waals surface area contributed by atoms with Crippen LogP contribution < -0.4 is 10.0 Å². The second-order valence-electron chi connectivity index (χ2n) is 5.19. The Morgan fingerprint density at radius 3 is 2.68 bits per heavy atom. The quantitative estimate of drug-likeness (QED) is 0.826. The van der Waals surface area contributed by atoms with Crippen molar-refractivity contribution in [3.63, 3.8) is 0 Å². The lowest BCUT2D eigenvalue weighted by molar-refractivity contribution is 0.102. The molecule has 0 fully saturated rings. The van der Waals surface area contributed by atoms with E-state index in [1.54, 1.807) is 6.07 Å². The SMILES string of the molecule is CCCNS(=O)(=O)c1cccc(C(=O)Nc2ccc(F)c(C#N)c2)c1. The lowest BCUT2D eigenvalue weighted by Gasteiger charge is -2.09. The highest BCUT2D eigenvalue weighted by Gasteiger charge is 2.16. The normalized spacial score (nSPS) is 10.9. The average molecular weight is 361 g/mol. The molecule has 2 aromatic rings. The molecule has 0 radical (unpaired) electrons. The van der Waals surface area contributed by atoms with Gasteiger partial charge in [-0.25, -0.2) is 17.5 Å². The molecule has 0 aliphatic heterocycles. The van der Waals surface area contributed by atoms with Gasteiger partial charge in [-0.1, -0.05) is 13.0 Å².